The largest absolute Gasteiger partial charge is 0.495 e. The summed E-state index contributed by atoms with van der Waals surface area (Å²) >= 11 is 0. The summed E-state index contributed by atoms with van der Waals surface area (Å²) in [5.41, 5.74) is 0.748. The first-order chi connectivity index (χ1) is 16.0. The van der Waals surface area contributed by atoms with Crippen LogP contribution in [0.1, 0.15) is 70.3 Å². The van der Waals surface area contributed by atoms with E-state index in [-0.39, 0.29) is 6.04 Å². The van der Waals surface area contributed by atoms with Crippen molar-refractivity contribution >= 4 is 36.0 Å². The number of nitrogens with zero attached hydrogens (tertiary/aromatic N) is 3. The van der Waals surface area contributed by atoms with Crippen LogP contribution in [-0.2, 0) is 14.0 Å². The van der Waals surface area contributed by atoms with Gasteiger partial charge in [-0.1, -0.05) is 19.9 Å². The highest BCUT2D eigenvalue weighted by Crippen LogP contribution is 2.37. The van der Waals surface area contributed by atoms with Crippen LogP contribution in [0.5, 0.6) is 0 Å². The molecule has 3 rings (SSSR count). The Morgan fingerprint density at radius 3 is 2.41 bits per heavy atom. The van der Waals surface area contributed by atoms with Crippen molar-refractivity contribution in [3.8, 4) is 6.07 Å². The van der Waals surface area contributed by atoms with Crippen LogP contribution in [0.15, 0.2) is 24.4 Å². The summed E-state index contributed by atoms with van der Waals surface area (Å²) in [4.78, 5) is 21.3. The molecular weight excluding hydrogens is 433 g/mol. The minimum atomic E-state index is -0.713. The highest BCUT2D eigenvalue weighted by atomic mass is 16.7. The first kappa shape index (κ1) is 25.5. The maximum atomic E-state index is 12.6. The van der Waals surface area contributed by atoms with Crippen LogP contribution in [0.4, 0.5) is 17.5 Å². The molecule has 1 aliphatic heterocycles. The quantitative estimate of drug-likeness (QED) is 0.444. The molecule has 0 radical (unpaired) electrons. The topological polar surface area (TPSA) is 118 Å². The molecule has 1 fully saturated rings. The van der Waals surface area contributed by atoms with Gasteiger partial charge in [-0.25, -0.2) is 9.78 Å². The van der Waals surface area contributed by atoms with Crippen LogP contribution in [0.3, 0.4) is 0 Å². The van der Waals surface area contributed by atoms with Crippen molar-refractivity contribution in [3.63, 3.8) is 0 Å². The standard InChI is InChI=1S/C24H32BN5O4/c1-8-16(9-2)28-20-15(13-26)14-27-22(30-20)29-17-10-11-19(18(12-17)21(31)32-7)25-33-23(3,4)24(5,6)34-25/h10-12,14,16H,8-9H2,1-7H3,(H2,27,28,29,30). The molecule has 0 unspecified atom stereocenters. The van der Waals surface area contributed by atoms with Crippen molar-refractivity contribution in [2.45, 2.75) is 71.6 Å². The third kappa shape index (κ3) is 5.16. The Morgan fingerprint density at radius 1 is 1.21 bits per heavy atom. The molecular formula is C24H32BN5O4. The van der Waals surface area contributed by atoms with Crippen LogP contribution in [0.2, 0.25) is 0 Å². The number of nitriles is 1. The number of methoxy groups -OCH3 is 1. The van der Waals surface area contributed by atoms with E-state index in [1.807, 2.05) is 27.7 Å². The molecule has 9 nitrogen and oxygen atoms in total. The van der Waals surface area contributed by atoms with Gasteiger partial charge in [0, 0.05) is 11.7 Å². The van der Waals surface area contributed by atoms with E-state index in [2.05, 4.69) is 40.5 Å². The number of esters is 1. The third-order valence-electron chi connectivity index (χ3n) is 6.46. The molecule has 1 aliphatic rings. The second-order valence-electron chi connectivity index (χ2n) is 9.23. The van der Waals surface area contributed by atoms with Gasteiger partial charge in [-0.05, 0) is 58.1 Å². The fraction of sp³-hybridized carbons (Fsp3) is 0.500. The lowest BCUT2D eigenvalue weighted by Crippen LogP contribution is -2.41. The Balaban J connectivity index is 1.92. The summed E-state index contributed by atoms with van der Waals surface area (Å²) in [5.74, 6) is 0.257. The molecule has 1 aromatic carbocycles. The molecule has 1 aromatic heterocycles. The molecule has 10 heteroatoms. The molecule has 0 bridgehead atoms. The van der Waals surface area contributed by atoms with E-state index in [9.17, 15) is 10.1 Å². The van der Waals surface area contributed by atoms with Crippen molar-refractivity contribution in [2.75, 3.05) is 17.7 Å². The van der Waals surface area contributed by atoms with Gasteiger partial charge in [0.15, 0.2) is 0 Å². The van der Waals surface area contributed by atoms with Crippen molar-refractivity contribution in [2.24, 2.45) is 0 Å². The van der Waals surface area contributed by atoms with Gasteiger partial charge in [-0.15, -0.1) is 0 Å². The smallest absolute Gasteiger partial charge is 0.465 e. The minimum Gasteiger partial charge on any atom is -0.465 e. The number of carbonyl (C=O) groups excluding carboxylic acids is 1. The fourth-order valence-corrected chi connectivity index (χ4v) is 3.55. The van der Waals surface area contributed by atoms with Crippen LogP contribution in [-0.4, -0.2) is 47.4 Å². The zero-order valence-corrected chi connectivity index (χ0v) is 20.9. The Kier molecular flexibility index (Phi) is 7.49. The van der Waals surface area contributed by atoms with Crippen molar-refractivity contribution < 1.29 is 18.8 Å². The third-order valence-corrected chi connectivity index (χ3v) is 6.46. The van der Waals surface area contributed by atoms with Gasteiger partial charge in [-0.3, -0.25) is 0 Å². The van der Waals surface area contributed by atoms with Crippen LogP contribution < -0.4 is 16.1 Å². The molecule has 180 valence electrons. The number of anilines is 3. The SMILES string of the molecule is CCC(CC)Nc1nc(Nc2ccc(B3OC(C)(C)C(C)(C)O3)c(C(=O)OC)c2)ncc1C#N. The van der Waals surface area contributed by atoms with Crippen LogP contribution in [0, 0.1) is 11.3 Å². The summed E-state index contributed by atoms with van der Waals surface area (Å²) in [7, 11) is 0.617. The lowest BCUT2D eigenvalue weighted by Gasteiger charge is -2.32. The maximum absolute atomic E-state index is 12.6. The minimum absolute atomic E-state index is 0.194. The predicted octanol–water partition coefficient (Wildman–Crippen LogP) is 3.78. The van der Waals surface area contributed by atoms with E-state index in [0.717, 1.165) is 12.8 Å². The lowest BCUT2D eigenvalue weighted by atomic mass is 9.75. The average molecular weight is 465 g/mol. The lowest BCUT2D eigenvalue weighted by molar-refractivity contribution is 0.00578. The van der Waals surface area contributed by atoms with Gasteiger partial charge in [-0.2, -0.15) is 10.2 Å². The summed E-state index contributed by atoms with van der Waals surface area (Å²) in [5, 5.41) is 15.8. The number of rotatable bonds is 8. The second kappa shape index (κ2) is 9.99. The van der Waals surface area contributed by atoms with Crippen LogP contribution in [0.25, 0.3) is 0 Å². The number of benzene rings is 1. The Hall–Kier alpha value is -3.16. The van der Waals surface area contributed by atoms with E-state index >= 15 is 0 Å². The molecule has 0 atom stereocenters. The summed E-state index contributed by atoms with van der Waals surface area (Å²) < 4.78 is 17.3. The zero-order chi connectivity index (χ0) is 25.1. The maximum Gasteiger partial charge on any atom is 0.495 e. The van der Waals surface area contributed by atoms with Crippen LogP contribution >= 0.6 is 0 Å². The van der Waals surface area contributed by atoms with Gasteiger partial charge < -0.3 is 24.7 Å². The number of hydrogen-bond acceptors (Lipinski definition) is 9. The van der Waals surface area contributed by atoms with Gasteiger partial charge in [0.25, 0.3) is 0 Å². The normalized spacial score (nSPS) is 16.3. The summed E-state index contributed by atoms with van der Waals surface area (Å²) in [6.07, 6.45) is 3.27. The summed E-state index contributed by atoms with van der Waals surface area (Å²) in [6, 6.07) is 7.53. The van der Waals surface area contributed by atoms with Gasteiger partial charge in [0.2, 0.25) is 5.95 Å². The molecule has 34 heavy (non-hydrogen) atoms. The van der Waals surface area contributed by atoms with Crippen molar-refractivity contribution in [3.05, 3.63) is 35.5 Å². The predicted molar refractivity (Wildman–Crippen MR) is 132 cm³/mol. The van der Waals surface area contributed by atoms with Crippen molar-refractivity contribution in [1.82, 2.24) is 9.97 Å². The molecule has 0 aliphatic carbocycles. The highest BCUT2D eigenvalue weighted by molar-refractivity contribution is 6.63. The van der Waals surface area contributed by atoms with Crippen molar-refractivity contribution in [1.29, 1.82) is 5.26 Å². The number of nitrogens with one attached hydrogen (secondary N) is 2. The number of aromatic nitrogens is 2. The Morgan fingerprint density at radius 2 is 1.85 bits per heavy atom. The second-order valence-corrected chi connectivity index (χ2v) is 9.23. The molecule has 2 heterocycles. The number of carbonyl (C=O) groups is 1. The highest BCUT2D eigenvalue weighted by Gasteiger charge is 2.52. The molecule has 1 saturated heterocycles. The fourth-order valence-electron chi connectivity index (χ4n) is 3.55. The van der Waals surface area contributed by atoms with E-state index in [0.29, 0.717) is 34.0 Å². The monoisotopic (exact) mass is 465 g/mol. The molecule has 0 amide bonds. The average Bonchev–Trinajstić information content (AvgIpc) is 3.03. The first-order valence-electron chi connectivity index (χ1n) is 11.4. The summed E-state index contributed by atoms with van der Waals surface area (Å²) in [6.45, 7) is 12.0. The van der Waals surface area contributed by atoms with Gasteiger partial charge in [0.1, 0.15) is 17.5 Å². The van der Waals surface area contributed by atoms with Gasteiger partial charge >= 0.3 is 13.1 Å². The first-order valence-corrected chi connectivity index (χ1v) is 11.4. The molecule has 2 aromatic rings. The number of hydrogen-bond donors (Lipinski definition) is 2. The van der Waals surface area contributed by atoms with Gasteiger partial charge in [0.05, 0.1) is 30.1 Å². The van der Waals surface area contributed by atoms with E-state index in [1.54, 1.807) is 18.2 Å². The van der Waals surface area contributed by atoms with E-state index < -0.39 is 24.3 Å². The van der Waals surface area contributed by atoms with E-state index in [1.165, 1.54) is 13.3 Å². The molecule has 2 N–H and O–H groups in total. The zero-order valence-electron chi connectivity index (χ0n) is 20.9. The molecule has 0 saturated carbocycles. The molecule has 0 spiro atoms. The Labute approximate surface area is 201 Å². The Bertz CT molecular complexity index is 1080. The number of ether oxygens (including phenoxy) is 1. The van der Waals surface area contributed by atoms with E-state index in [4.69, 9.17) is 14.0 Å².